The van der Waals surface area contributed by atoms with Gasteiger partial charge in [0.2, 0.25) is 5.91 Å². The Bertz CT molecular complexity index is 1060. The van der Waals surface area contributed by atoms with Gasteiger partial charge < -0.3 is 10.2 Å². The second-order valence-corrected chi connectivity index (χ2v) is 9.64. The summed E-state index contributed by atoms with van der Waals surface area (Å²) in [6.45, 7) is 5.81. The fourth-order valence-corrected chi connectivity index (χ4v) is 5.06. The molecule has 0 spiro atoms. The minimum Gasteiger partial charge on any atom is -0.350 e. The number of benzene rings is 2. The fraction of sp³-hybridized carbons (Fsp3) is 0.481. The zero-order chi connectivity index (χ0) is 24.8. The van der Waals surface area contributed by atoms with Gasteiger partial charge in [0.1, 0.15) is 6.04 Å². The van der Waals surface area contributed by atoms with Crippen LogP contribution >= 0.6 is 0 Å². The number of hydrogen-bond acceptors (Lipinski definition) is 5. The Labute approximate surface area is 206 Å². The molecule has 2 aliphatic rings. The standard InChI is InChI=1S/C27H34N4O4/c1-20-17-23(12-13-24(20)31(34)35)27(33)30-16-6-7-25(30)26(32)28-18-21-8-10-22(11-9-21)19-29-14-4-2-3-5-15-29/h8-13,17,25H,2-7,14-16,18-19H2,1H3,(H,28,32). The fourth-order valence-electron chi connectivity index (χ4n) is 5.06. The van der Waals surface area contributed by atoms with Crippen molar-refractivity contribution >= 4 is 17.5 Å². The minimum absolute atomic E-state index is 0.0188. The highest BCUT2D eigenvalue weighted by molar-refractivity contribution is 5.98. The molecule has 0 aliphatic carbocycles. The second kappa shape index (κ2) is 11.4. The van der Waals surface area contributed by atoms with Crippen molar-refractivity contribution in [2.75, 3.05) is 19.6 Å². The van der Waals surface area contributed by atoms with Gasteiger partial charge in [0.05, 0.1) is 4.92 Å². The van der Waals surface area contributed by atoms with E-state index in [1.165, 1.54) is 49.4 Å². The number of nitrogens with zero attached hydrogens (tertiary/aromatic N) is 3. The van der Waals surface area contributed by atoms with Crippen LogP contribution in [0.3, 0.4) is 0 Å². The zero-order valence-corrected chi connectivity index (χ0v) is 20.4. The van der Waals surface area contributed by atoms with Crippen molar-refractivity contribution in [3.8, 4) is 0 Å². The lowest BCUT2D eigenvalue weighted by molar-refractivity contribution is -0.385. The summed E-state index contributed by atoms with van der Waals surface area (Å²) in [5.74, 6) is -0.429. The van der Waals surface area contributed by atoms with Crippen LogP contribution in [0.1, 0.15) is 65.6 Å². The molecule has 2 fully saturated rings. The molecule has 2 aliphatic heterocycles. The number of carbonyl (C=O) groups is 2. The van der Waals surface area contributed by atoms with Crippen LogP contribution < -0.4 is 5.32 Å². The van der Waals surface area contributed by atoms with E-state index in [0.29, 0.717) is 30.6 Å². The Morgan fingerprint density at radius 1 is 0.971 bits per heavy atom. The van der Waals surface area contributed by atoms with Crippen molar-refractivity contribution in [3.05, 3.63) is 74.8 Å². The zero-order valence-electron chi connectivity index (χ0n) is 20.4. The van der Waals surface area contributed by atoms with Gasteiger partial charge in [0, 0.05) is 36.8 Å². The van der Waals surface area contributed by atoms with Gasteiger partial charge in [0.15, 0.2) is 0 Å². The number of likely N-dealkylation sites (tertiary alicyclic amines) is 2. The molecule has 8 nitrogen and oxygen atoms in total. The molecule has 2 amide bonds. The van der Waals surface area contributed by atoms with Crippen LogP contribution in [0.5, 0.6) is 0 Å². The average molecular weight is 479 g/mol. The van der Waals surface area contributed by atoms with E-state index in [2.05, 4.69) is 34.5 Å². The van der Waals surface area contributed by atoms with Crippen molar-refractivity contribution in [2.45, 2.75) is 64.6 Å². The molecule has 8 heteroatoms. The number of nitro benzene ring substituents is 1. The summed E-state index contributed by atoms with van der Waals surface area (Å²) in [6, 6.07) is 12.2. The quantitative estimate of drug-likeness (QED) is 0.475. The molecule has 0 bridgehead atoms. The third-order valence-corrected chi connectivity index (χ3v) is 7.05. The van der Waals surface area contributed by atoms with Gasteiger partial charge in [-0.25, -0.2) is 0 Å². The van der Waals surface area contributed by atoms with Gasteiger partial charge in [-0.3, -0.25) is 24.6 Å². The first-order valence-electron chi connectivity index (χ1n) is 12.6. The Kier molecular flexibility index (Phi) is 8.13. The smallest absolute Gasteiger partial charge is 0.272 e. The summed E-state index contributed by atoms with van der Waals surface area (Å²) in [5.41, 5.74) is 3.09. The molecule has 1 unspecified atom stereocenters. The maximum absolute atomic E-state index is 13.1. The van der Waals surface area contributed by atoms with E-state index in [1.54, 1.807) is 11.8 Å². The monoisotopic (exact) mass is 478 g/mol. The molecule has 0 saturated carbocycles. The van der Waals surface area contributed by atoms with Crippen LogP contribution in [-0.4, -0.2) is 52.2 Å². The van der Waals surface area contributed by atoms with Crippen molar-refractivity contribution < 1.29 is 14.5 Å². The summed E-state index contributed by atoms with van der Waals surface area (Å²) in [6.07, 6.45) is 6.56. The summed E-state index contributed by atoms with van der Waals surface area (Å²) in [7, 11) is 0. The predicted molar refractivity (Wildman–Crippen MR) is 134 cm³/mol. The first kappa shape index (κ1) is 24.9. The topological polar surface area (TPSA) is 95.8 Å². The number of carbonyl (C=O) groups excluding carboxylic acids is 2. The lowest BCUT2D eigenvalue weighted by Gasteiger charge is -2.24. The number of aryl methyl sites for hydroxylation is 1. The third-order valence-electron chi connectivity index (χ3n) is 7.05. The van der Waals surface area contributed by atoms with Crippen molar-refractivity contribution in [1.82, 2.24) is 15.1 Å². The molecule has 1 N–H and O–H groups in total. The molecule has 35 heavy (non-hydrogen) atoms. The molecular weight excluding hydrogens is 444 g/mol. The van der Waals surface area contributed by atoms with E-state index < -0.39 is 11.0 Å². The highest BCUT2D eigenvalue weighted by atomic mass is 16.6. The molecule has 0 aromatic heterocycles. The number of rotatable bonds is 7. The van der Waals surface area contributed by atoms with Crippen molar-refractivity contribution in [3.63, 3.8) is 0 Å². The molecule has 2 heterocycles. The lowest BCUT2D eigenvalue weighted by atomic mass is 10.1. The van der Waals surface area contributed by atoms with Crippen LogP contribution in [-0.2, 0) is 17.9 Å². The summed E-state index contributed by atoms with van der Waals surface area (Å²) >= 11 is 0. The van der Waals surface area contributed by atoms with Crippen LogP contribution in [0, 0.1) is 17.0 Å². The van der Waals surface area contributed by atoms with E-state index in [-0.39, 0.29) is 17.5 Å². The Balaban J connectivity index is 1.32. The van der Waals surface area contributed by atoms with Gasteiger partial charge in [-0.15, -0.1) is 0 Å². The van der Waals surface area contributed by atoms with Gasteiger partial charge in [-0.2, -0.15) is 0 Å². The molecule has 2 saturated heterocycles. The average Bonchev–Trinajstić information content (AvgIpc) is 3.21. The van der Waals surface area contributed by atoms with Crippen LogP contribution in [0.4, 0.5) is 5.69 Å². The Morgan fingerprint density at radius 2 is 1.66 bits per heavy atom. The molecule has 2 aromatic carbocycles. The molecule has 0 radical (unpaired) electrons. The van der Waals surface area contributed by atoms with Gasteiger partial charge >= 0.3 is 0 Å². The second-order valence-electron chi connectivity index (χ2n) is 9.64. The first-order valence-corrected chi connectivity index (χ1v) is 12.6. The largest absolute Gasteiger partial charge is 0.350 e. The number of nitrogens with one attached hydrogen (secondary N) is 1. The first-order chi connectivity index (χ1) is 16.9. The van der Waals surface area contributed by atoms with Gasteiger partial charge in [-0.05, 0) is 69.0 Å². The number of amides is 2. The van der Waals surface area contributed by atoms with Crippen LogP contribution in [0.2, 0.25) is 0 Å². The molecule has 186 valence electrons. The van der Waals surface area contributed by atoms with Crippen LogP contribution in [0.15, 0.2) is 42.5 Å². The normalized spacial score (nSPS) is 18.8. The molecule has 4 rings (SSSR count). The van der Waals surface area contributed by atoms with E-state index >= 15 is 0 Å². The maximum Gasteiger partial charge on any atom is 0.272 e. The highest BCUT2D eigenvalue weighted by Crippen LogP contribution is 2.24. The van der Waals surface area contributed by atoms with Crippen molar-refractivity contribution in [1.29, 1.82) is 0 Å². The van der Waals surface area contributed by atoms with E-state index in [4.69, 9.17) is 0 Å². The number of nitro groups is 1. The van der Waals surface area contributed by atoms with Crippen LogP contribution in [0.25, 0.3) is 0 Å². The Hall–Kier alpha value is -3.26. The predicted octanol–water partition coefficient (Wildman–Crippen LogP) is 4.20. The lowest BCUT2D eigenvalue weighted by Crippen LogP contribution is -2.45. The Morgan fingerprint density at radius 3 is 2.31 bits per heavy atom. The molecule has 1 atom stereocenters. The summed E-state index contributed by atoms with van der Waals surface area (Å²) in [5, 5.41) is 14.1. The molecule has 2 aromatic rings. The minimum atomic E-state index is -0.527. The van der Waals surface area contributed by atoms with Gasteiger partial charge in [0.25, 0.3) is 11.6 Å². The number of hydrogen-bond donors (Lipinski definition) is 1. The highest BCUT2D eigenvalue weighted by Gasteiger charge is 2.34. The third kappa shape index (κ3) is 6.25. The van der Waals surface area contributed by atoms with E-state index in [9.17, 15) is 19.7 Å². The summed E-state index contributed by atoms with van der Waals surface area (Å²) in [4.78, 5) is 40.7. The molecular formula is C27H34N4O4. The van der Waals surface area contributed by atoms with Crippen molar-refractivity contribution in [2.24, 2.45) is 0 Å². The summed E-state index contributed by atoms with van der Waals surface area (Å²) < 4.78 is 0. The van der Waals surface area contributed by atoms with E-state index in [0.717, 1.165) is 31.6 Å². The van der Waals surface area contributed by atoms with E-state index in [1.807, 2.05) is 0 Å². The van der Waals surface area contributed by atoms with Gasteiger partial charge in [-0.1, -0.05) is 37.1 Å². The SMILES string of the molecule is Cc1cc(C(=O)N2CCCC2C(=O)NCc2ccc(CN3CCCCCC3)cc2)ccc1[N+](=O)[O-]. The maximum atomic E-state index is 13.1.